The predicted molar refractivity (Wildman–Crippen MR) is 134 cm³/mol. The molecule has 10 nitrogen and oxygen atoms in total. The summed E-state index contributed by atoms with van der Waals surface area (Å²) < 4.78 is 7.28. The predicted octanol–water partition coefficient (Wildman–Crippen LogP) is 2.76. The fourth-order valence-corrected chi connectivity index (χ4v) is 5.82. The number of carbonyl (C=O) groups is 2. The summed E-state index contributed by atoms with van der Waals surface area (Å²) >= 11 is 1.42. The minimum Gasteiger partial charge on any atom is -0.444 e. The third kappa shape index (κ3) is 3.88. The van der Waals surface area contributed by atoms with Crippen LogP contribution in [0.15, 0.2) is 46.1 Å². The third-order valence-corrected chi connectivity index (χ3v) is 7.78. The van der Waals surface area contributed by atoms with Crippen LogP contribution < -0.4 is 21.1 Å². The molecule has 0 bridgehead atoms. The van der Waals surface area contributed by atoms with Crippen molar-refractivity contribution >= 4 is 46.3 Å². The second-order valence-electron chi connectivity index (χ2n) is 8.98. The molecule has 6 rings (SSSR count). The molecule has 1 unspecified atom stereocenters. The molecule has 0 saturated carbocycles. The van der Waals surface area contributed by atoms with Gasteiger partial charge in [-0.2, -0.15) is 5.26 Å². The van der Waals surface area contributed by atoms with Crippen LogP contribution in [-0.2, 0) is 16.1 Å². The standard InChI is InChI=1S/C25H22N6O4S/c26-10-15-4-3-14-5-8-21(33)31-12-17(22(15)23(14)31)27-9-1-2-16-11-30(25(34)35-16)19-7-6-18-24(28-19)29-20(32)13-36-18/h3-8,16-17,27H,1-2,9,11-13H2,(H,28,29,32)/t16-,17?/m1/s1. The van der Waals surface area contributed by atoms with Crippen molar-refractivity contribution in [2.75, 3.05) is 29.1 Å². The minimum absolute atomic E-state index is 0.0740. The monoisotopic (exact) mass is 502 g/mol. The molecule has 36 heavy (non-hydrogen) atoms. The number of nitrogens with one attached hydrogen (secondary N) is 2. The molecule has 1 aromatic carbocycles. The molecule has 2 N–H and O–H groups in total. The molecule has 3 aliphatic heterocycles. The zero-order chi connectivity index (χ0) is 24.8. The SMILES string of the molecule is N#Cc1ccc2ccc(=O)n3c2c1C(NCCC[C@@H]1CN(c2ccc4c(n2)NC(=O)CS4)C(=O)O1)C3. The molecule has 3 aromatic rings. The Morgan fingerprint density at radius 3 is 2.89 bits per heavy atom. The van der Waals surface area contributed by atoms with Crippen LogP contribution >= 0.6 is 11.8 Å². The largest absolute Gasteiger partial charge is 0.444 e. The molecule has 2 aromatic heterocycles. The number of pyridine rings is 2. The van der Waals surface area contributed by atoms with Crippen molar-refractivity contribution in [1.82, 2.24) is 14.9 Å². The fraction of sp³-hybridized carbons (Fsp3) is 0.320. The van der Waals surface area contributed by atoms with Crippen LogP contribution in [0, 0.1) is 11.3 Å². The Morgan fingerprint density at radius 2 is 2.03 bits per heavy atom. The number of anilines is 2. The first-order valence-corrected chi connectivity index (χ1v) is 12.7. The molecule has 182 valence electrons. The van der Waals surface area contributed by atoms with Gasteiger partial charge in [0.1, 0.15) is 17.7 Å². The van der Waals surface area contributed by atoms with E-state index in [4.69, 9.17) is 4.74 Å². The minimum atomic E-state index is -0.453. The van der Waals surface area contributed by atoms with Gasteiger partial charge < -0.3 is 19.9 Å². The van der Waals surface area contributed by atoms with E-state index >= 15 is 0 Å². The van der Waals surface area contributed by atoms with Gasteiger partial charge in [-0.05, 0) is 49.0 Å². The Balaban J connectivity index is 1.08. The van der Waals surface area contributed by atoms with Crippen LogP contribution in [0.5, 0.6) is 0 Å². The van der Waals surface area contributed by atoms with Gasteiger partial charge in [-0.1, -0.05) is 6.07 Å². The second-order valence-corrected chi connectivity index (χ2v) is 9.99. The molecular formula is C25H22N6O4S. The van der Waals surface area contributed by atoms with Crippen molar-refractivity contribution in [2.45, 2.75) is 36.4 Å². The van der Waals surface area contributed by atoms with Gasteiger partial charge in [0.05, 0.1) is 40.4 Å². The number of hydrogen-bond acceptors (Lipinski definition) is 8. The Labute approximate surface area is 210 Å². The van der Waals surface area contributed by atoms with E-state index in [1.54, 1.807) is 28.8 Å². The molecule has 0 spiro atoms. The van der Waals surface area contributed by atoms with E-state index in [0.29, 0.717) is 49.0 Å². The van der Waals surface area contributed by atoms with Crippen molar-refractivity contribution in [2.24, 2.45) is 0 Å². The highest BCUT2D eigenvalue weighted by molar-refractivity contribution is 8.00. The topological polar surface area (TPSA) is 129 Å². The zero-order valence-corrected chi connectivity index (χ0v) is 20.0. The summed E-state index contributed by atoms with van der Waals surface area (Å²) in [6, 6.07) is 12.8. The van der Waals surface area contributed by atoms with Gasteiger partial charge in [0, 0.05) is 18.2 Å². The molecular weight excluding hydrogens is 480 g/mol. The Hall–Kier alpha value is -3.88. The lowest BCUT2D eigenvalue weighted by Crippen LogP contribution is -2.28. The Morgan fingerprint density at radius 1 is 1.17 bits per heavy atom. The van der Waals surface area contributed by atoms with Gasteiger partial charge in [-0.3, -0.25) is 14.5 Å². The number of nitrogens with zero attached hydrogens (tertiary/aromatic N) is 4. The van der Waals surface area contributed by atoms with Gasteiger partial charge in [-0.15, -0.1) is 11.8 Å². The van der Waals surface area contributed by atoms with Crippen LogP contribution in [-0.4, -0.2) is 46.5 Å². The lowest BCUT2D eigenvalue weighted by Gasteiger charge is -2.18. The number of cyclic esters (lactones) is 1. The van der Waals surface area contributed by atoms with Gasteiger partial charge in [-0.25, -0.2) is 9.78 Å². The number of amides is 2. The molecule has 11 heteroatoms. The van der Waals surface area contributed by atoms with E-state index in [1.165, 1.54) is 16.7 Å². The van der Waals surface area contributed by atoms with Gasteiger partial charge >= 0.3 is 6.09 Å². The fourth-order valence-electron chi connectivity index (χ4n) is 5.06. The number of ether oxygens (including phenoxy) is 1. The first kappa shape index (κ1) is 22.6. The van der Waals surface area contributed by atoms with Crippen LogP contribution in [0.3, 0.4) is 0 Å². The average molecular weight is 503 g/mol. The molecule has 3 aliphatic rings. The molecule has 1 fully saturated rings. The van der Waals surface area contributed by atoms with E-state index < -0.39 is 6.09 Å². The summed E-state index contributed by atoms with van der Waals surface area (Å²) in [5.74, 6) is 1.16. The summed E-state index contributed by atoms with van der Waals surface area (Å²) in [7, 11) is 0. The number of hydrogen-bond donors (Lipinski definition) is 2. The van der Waals surface area contributed by atoms with Gasteiger partial charge in [0.15, 0.2) is 0 Å². The van der Waals surface area contributed by atoms with E-state index in [-0.39, 0.29) is 23.6 Å². The van der Waals surface area contributed by atoms with E-state index in [0.717, 1.165) is 27.8 Å². The average Bonchev–Trinajstić information content (AvgIpc) is 3.45. The quantitative estimate of drug-likeness (QED) is 0.492. The maximum absolute atomic E-state index is 12.5. The summed E-state index contributed by atoms with van der Waals surface area (Å²) in [4.78, 5) is 43.4. The highest BCUT2D eigenvalue weighted by Gasteiger charge is 2.34. The molecule has 0 radical (unpaired) electrons. The number of benzene rings is 1. The molecule has 2 amide bonds. The molecule has 0 aliphatic carbocycles. The Kier molecular flexibility index (Phi) is 5.62. The lowest BCUT2D eigenvalue weighted by atomic mass is 10.00. The first-order chi connectivity index (χ1) is 17.5. The molecule has 1 saturated heterocycles. The van der Waals surface area contributed by atoms with E-state index in [2.05, 4.69) is 21.7 Å². The number of thioether (sulfide) groups is 1. The van der Waals surface area contributed by atoms with Crippen LogP contribution in [0.25, 0.3) is 10.9 Å². The van der Waals surface area contributed by atoms with E-state index in [9.17, 15) is 19.6 Å². The van der Waals surface area contributed by atoms with Crippen LogP contribution in [0.2, 0.25) is 0 Å². The van der Waals surface area contributed by atoms with Gasteiger partial charge in [0.2, 0.25) is 5.91 Å². The highest BCUT2D eigenvalue weighted by atomic mass is 32.2. The molecule has 2 atom stereocenters. The second kappa shape index (κ2) is 8.96. The smallest absolute Gasteiger partial charge is 0.415 e. The zero-order valence-electron chi connectivity index (χ0n) is 19.2. The van der Waals surface area contributed by atoms with Crippen molar-refractivity contribution in [3.8, 4) is 6.07 Å². The third-order valence-electron chi connectivity index (χ3n) is 6.73. The lowest BCUT2D eigenvalue weighted by molar-refractivity contribution is -0.113. The van der Waals surface area contributed by atoms with Crippen molar-refractivity contribution < 1.29 is 14.3 Å². The maximum Gasteiger partial charge on any atom is 0.415 e. The van der Waals surface area contributed by atoms with Gasteiger partial charge in [0.25, 0.3) is 5.56 Å². The Bertz CT molecular complexity index is 1510. The summed E-state index contributed by atoms with van der Waals surface area (Å²) in [5, 5.41) is 16.8. The van der Waals surface area contributed by atoms with Crippen molar-refractivity contribution in [3.05, 3.63) is 57.9 Å². The van der Waals surface area contributed by atoms with Crippen molar-refractivity contribution in [1.29, 1.82) is 5.26 Å². The number of aromatic nitrogens is 2. The normalized spacial score (nSPS) is 20.2. The maximum atomic E-state index is 12.5. The molecule has 5 heterocycles. The first-order valence-electron chi connectivity index (χ1n) is 11.7. The van der Waals surface area contributed by atoms with E-state index in [1.807, 2.05) is 12.1 Å². The number of rotatable bonds is 6. The van der Waals surface area contributed by atoms with Crippen LogP contribution in [0.1, 0.15) is 30.0 Å². The van der Waals surface area contributed by atoms with Crippen LogP contribution in [0.4, 0.5) is 16.4 Å². The summed E-state index contributed by atoms with van der Waals surface area (Å²) in [6.45, 7) is 1.51. The van der Waals surface area contributed by atoms with Crippen molar-refractivity contribution in [3.63, 3.8) is 0 Å². The number of carbonyl (C=O) groups excluding carboxylic acids is 2. The number of nitriles is 1. The number of fused-ring (bicyclic) bond motifs is 1. The highest BCUT2D eigenvalue weighted by Crippen LogP contribution is 2.34. The summed E-state index contributed by atoms with van der Waals surface area (Å²) in [6.07, 6.45) is 0.672. The summed E-state index contributed by atoms with van der Waals surface area (Å²) in [5.41, 5.74) is 2.20.